The Morgan fingerprint density at radius 3 is 1.48 bits per heavy atom. The minimum Gasteiger partial charge on any atom is -0.390 e. The maximum absolute atomic E-state index is 12.9. The molecule has 4 rings (SSSR count). The topological polar surface area (TPSA) is 66.9 Å². The van der Waals surface area contributed by atoms with Gasteiger partial charge in [0.2, 0.25) is 0 Å². The molecule has 0 aromatic heterocycles. The van der Waals surface area contributed by atoms with Gasteiger partial charge in [-0.05, 0) is 11.1 Å². The van der Waals surface area contributed by atoms with Crippen molar-refractivity contribution in [2.45, 2.75) is 25.2 Å². The van der Waals surface area contributed by atoms with Crippen molar-refractivity contribution in [2.75, 3.05) is 0 Å². The van der Waals surface area contributed by atoms with Crippen molar-refractivity contribution in [2.24, 2.45) is 0 Å². The molecule has 2 amide bonds. The monoisotopic (exact) mass is 336 g/mol. The molecule has 0 aliphatic carbocycles. The summed E-state index contributed by atoms with van der Waals surface area (Å²) in [4.78, 5) is 40.1. The van der Waals surface area contributed by atoms with E-state index in [0.29, 0.717) is 0 Å². The summed E-state index contributed by atoms with van der Waals surface area (Å²) in [5.41, 5.74) is 1.78. The van der Waals surface area contributed by atoms with Crippen LogP contribution in [0.1, 0.15) is 11.1 Å². The summed E-state index contributed by atoms with van der Waals surface area (Å²) in [5, 5.41) is 0. The van der Waals surface area contributed by atoms with Crippen molar-refractivity contribution in [3.8, 4) is 0 Å². The molecule has 6 nitrogen and oxygen atoms in total. The number of benzene rings is 2. The maximum Gasteiger partial charge on any atom is 0.339 e. The zero-order chi connectivity index (χ0) is 17.4. The van der Waals surface area contributed by atoms with E-state index in [9.17, 15) is 14.4 Å². The summed E-state index contributed by atoms with van der Waals surface area (Å²) in [6, 6.07) is 16.7. The molecule has 1 unspecified atom stereocenters. The smallest absolute Gasteiger partial charge is 0.339 e. The largest absolute Gasteiger partial charge is 0.390 e. The summed E-state index contributed by atoms with van der Waals surface area (Å²) in [5.74, 6) is -1.32. The number of nitrogens with zero attached hydrogens (tertiary/aromatic N) is 2. The molecule has 0 bridgehead atoms. The third-order valence-corrected chi connectivity index (χ3v) is 4.54. The summed E-state index contributed by atoms with van der Waals surface area (Å²) < 4.78 is 4.80. The molecule has 25 heavy (non-hydrogen) atoms. The van der Waals surface area contributed by atoms with Crippen LogP contribution >= 0.6 is 0 Å². The Kier molecular flexibility index (Phi) is 3.72. The minimum absolute atomic E-state index is 0.258. The van der Waals surface area contributed by atoms with Gasteiger partial charge in [0.15, 0.2) is 12.1 Å². The number of rotatable bonds is 4. The fourth-order valence-corrected chi connectivity index (χ4v) is 3.37. The van der Waals surface area contributed by atoms with Gasteiger partial charge >= 0.3 is 18.0 Å². The molecular formula is C19H16N2O4. The number of esters is 2. The average molecular weight is 336 g/mol. The number of ether oxygens (including phenoxy) is 1. The Labute approximate surface area is 144 Å². The Bertz CT molecular complexity index is 754. The van der Waals surface area contributed by atoms with Crippen molar-refractivity contribution in [3.63, 3.8) is 0 Å². The van der Waals surface area contributed by atoms with Gasteiger partial charge in [0.1, 0.15) is 0 Å². The molecule has 2 atom stereocenters. The van der Waals surface area contributed by atoms with E-state index in [1.54, 1.807) is 0 Å². The summed E-state index contributed by atoms with van der Waals surface area (Å²) in [6.45, 7) is 0.517. The van der Waals surface area contributed by atoms with Crippen LogP contribution in [0.3, 0.4) is 0 Å². The lowest BCUT2D eigenvalue weighted by Crippen LogP contribution is -2.39. The molecule has 2 aromatic rings. The lowest BCUT2D eigenvalue weighted by molar-refractivity contribution is -0.154. The number of carbonyl (C=O) groups is 3. The molecule has 6 heteroatoms. The predicted molar refractivity (Wildman–Crippen MR) is 88.0 cm³/mol. The van der Waals surface area contributed by atoms with Gasteiger partial charge in [-0.1, -0.05) is 60.7 Å². The molecule has 0 N–H and O–H groups in total. The molecule has 2 aromatic carbocycles. The minimum atomic E-state index is -0.885. The van der Waals surface area contributed by atoms with Crippen LogP contribution in [0.2, 0.25) is 0 Å². The Balaban J connectivity index is 1.65. The van der Waals surface area contributed by atoms with E-state index >= 15 is 0 Å². The van der Waals surface area contributed by atoms with Gasteiger partial charge in [-0.2, -0.15) is 0 Å². The van der Waals surface area contributed by atoms with E-state index in [-0.39, 0.29) is 19.1 Å². The number of amides is 2. The third kappa shape index (κ3) is 2.65. The SMILES string of the molecule is O=C1OC(=O)[C@@H]2C1N(Cc1ccccc1)C(=O)N2Cc1ccccc1. The van der Waals surface area contributed by atoms with Gasteiger partial charge in [-0.15, -0.1) is 0 Å². The Morgan fingerprint density at radius 2 is 1.08 bits per heavy atom. The van der Waals surface area contributed by atoms with Crippen molar-refractivity contribution in [3.05, 3.63) is 71.8 Å². The highest BCUT2D eigenvalue weighted by Gasteiger charge is 2.59. The number of fused-ring (bicyclic) bond motifs is 1. The number of carbonyl (C=O) groups excluding carboxylic acids is 3. The molecule has 2 aliphatic rings. The Morgan fingerprint density at radius 1 is 0.680 bits per heavy atom. The van der Waals surface area contributed by atoms with Crippen LogP contribution in [0.4, 0.5) is 4.79 Å². The zero-order valence-corrected chi connectivity index (χ0v) is 13.4. The normalized spacial score (nSPS) is 22.3. The number of hydrogen-bond acceptors (Lipinski definition) is 4. The summed E-state index contributed by atoms with van der Waals surface area (Å²) in [7, 11) is 0. The molecule has 126 valence electrons. The van der Waals surface area contributed by atoms with E-state index in [1.807, 2.05) is 60.7 Å². The highest BCUT2D eigenvalue weighted by Crippen LogP contribution is 2.32. The van der Waals surface area contributed by atoms with Crippen LogP contribution in [0, 0.1) is 0 Å². The van der Waals surface area contributed by atoms with E-state index < -0.39 is 24.0 Å². The van der Waals surface area contributed by atoms with Gasteiger partial charge in [0, 0.05) is 13.1 Å². The zero-order valence-electron chi connectivity index (χ0n) is 13.4. The van der Waals surface area contributed by atoms with Gasteiger partial charge in [0.25, 0.3) is 0 Å². The molecule has 0 radical (unpaired) electrons. The molecule has 2 heterocycles. The number of hydrogen-bond donors (Lipinski definition) is 0. The lowest BCUT2D eigenvalue weighted by Gasteiger charge is -2.21. The van der Waals surface area contributed by atoms with E-state index in [1.165, 1.54) is 9.80 Å². The highest BCUT2D eigenvalue weighted by molar-refractivity contribution is 6.06. The van der Waals surface area contributed by atoms with Gasteiger partial charge in [-0.3, -0.25) is 0 Å². The van der Waals surface area contributed by atoms with E-state index in [4.69, 9.17) is 4.74 Å². The van der Waals surface area contributed by atoms with Crippen LogP contribution in [-0.2, 0) is 27.4 Å². The van der Waals surface area contributed by atoms with Gasteiger partial charge in [0.05, 0.1) is 0 Å². The first kappa shape index (κ1) is 15.4. The summed E-state index contributed by atoms with van der Waals surface area (Å²) in [6.07, 6.45) is 0. The van der Waals surface area contributed by atoms with E-state index in [2.05, 4.69) is 0 Å². The lowest BCUT2D eigenvalue weighted by atomic mass is 10.1. The standard InChI is InChI=1S/C19H16N2O4/c22-17-15-16(18(23)25-17)21(12-14-9-5-2-6-10-14)19(24)20(15)11-13-7-3-1-4-8-13/h1-10,15-16H,11-12H2/t15-,16?/m0/s1. The quantitative estimate of drug-likeness (QED) is 0.632. The molecule has 2 fully saturated rings. The highest BCUT2D eigenvalue weighted by atomic mass is 16.6. The van der Waals surface area contributed by atoms with Crippen LogP contribution in [0.15, 0.2) is 60.7 Å². The van der Waals surface area contributed by atoms with Crippen LogP contribution in [0.25, 0.3) is 0 Å². The molecule has 0 saturated carbocycles. The van der Waals surface area contributed by atoms with Crippen molar-refractivity contribution in [1.82, 2.24) is 9.80 Å². The molecule has 2 aliphatic heterocycles. The average Bonchev–Trinajstić information content (AvgIpc) is 3.06. The van der Waals surface area contributed by atoms with Crippen LogP contribution in [-0.4, -0.2) is 39.9 Å². The third-order valence-electron chi connectivity index (χ3n) is 4.54. The molecular weight excluding hydrogens is 320 g/mol. The molecule has 0 spiro atoms. The number of cyclic esters (lactones) is 2. The van der Waals surface area contributed by atoms with Gasteiger partial charge < -0.3 is 14.5 Å². The second kappa shape index (κ2) is 6.05. The van der Waals surface area contributed by atoms with Crippen molar-refractivity contribution >= 4 is 18.0 Å². The first-order valence-corrected chi connectivity index (χ1v) is 8.06. The first-order valence-electron chi connectivity index (χ1n) is 8.06. The second-order valence-corrected chi connectivity index (χ2v) is 6.14. The predicted octanol–water partition coefficient (Wildman–Crippen LogP) is 1.94. The van der Waals surface area contributed by atoms with Crippen LogP contribution < -0.4 is 0 Å². The first-order chi connectivity index (χ1) is 12.1. The second-order valence-electron chi connectivity index (χ2n) is 6.14. The number of urea groups is 1. The summed E-state index contributed by atoms with van der Waals surface area (Å²) >= 11 is 0. The maximum atomic E-state index is 12.9. The van der Waals surface area contributed by atoms with E-state index in [0.717, 1.165) is 11.1 Å². The molecule has 2 saturated heterocycles. The fraction of sp³-hybridized carbons (Fsp3) is 0.211. The van der Waals surface area contributed by atoms with Crippen molar-refractivity contribution in [1.29, 1.82) is 0 Å². The van der Waals surface area contributed by atoms with Crippen molar-refractivity contribution < 1.29 is 19.1 Å². The van der Waals surface area contributed by atoms with Crippen LogP contribution in [0.5, 0.6) is 0 Å². The fourth-order valence-electron chi connectivity index (χ4n) is 3.37. The Hall–Kier alpha value is -3.15. The van der Waals surface area contributed by atoms with Gasteiger partial charge in [-0.25, -0.2) is 14.4 Å².